The summed E-state index contributed by atoms with van der Waals surface area (Å²) in [5.74, 6) is -0.758. The van der Waals surface area contributed by atoms with Gasteiger partial charge in [-0.3, -0.25) is 14.5 Å². The molecule has 0 aliphatic carbocycles. The van der Waals surface area contributed by atoms with Crippen molar-refractivity contribution in [2.75, 3.05) is 10.2 Å². The van der Waals surface area contributed by atoms with Crippen LogP contribution in [0.3, 0.4) is 0 Å². The molecule has 34 heavy (non-hydrogen) atoms. The number of hydrogen-bond acceptors (Lipinski definition) is 4. The molecule has 1 aliphatic heterocycles. The number of aryl methyl sites for hydroxylation is 1. The van der Waals surface area contributed by atoms with Crippen molar-refractivity contribution >= 4 is 62.5 Å². The maximum absolute atomic E-state index is 13.5. The van der Waals surface area contributed by atoms with Crippen LogP contribution in [0.5, 0.6) is 0 Å². The Kier molecular flexibility index (Phi) is 7.42. The molecule has 2 amide bonds. The van der Waals surface area contributed by atoms with E-state index < -0.39 is 11.2 Å². The zero-order chi connectivity index (χ0) is 24.2. The van der Waals surface area contributed by atoms with Crippen molar-refractivity contribution in [2.24, 2.45) is 0 Å². The monoisotopic (exact) mass is 551 g/mol. The van der Waals surface area contributed by atoms with E-state index in [9.17, 15) is 14.9 Å². The Balaban J connectivity index is 1.71. The summed E-state index contributed by atoms with van der Waals surface area (Å²) in [6, 6.07) is 23.8. The van der Waals surface area contributed by atoms with Crippen LogP contribution in [0.15, 0.2) is 87.9 Å². The number of anilines is 2. The molecule has 3 aromatic carbocycles. The SMILES string of the molecule is Cc1ccc(NC(=O)/C(C#N)=C2\S[C@H](Cc3ccc(Br)cc3)C(=O)N2c2ccc(Cl)cc2)cc1. The zero-order valence-electron chi connectivity index (χ0n) is 18.1. The number of thioether (sulfide) groups is 1. The summed E-state index contributed by atoms with van der Waals surface area (Å²) in [7, 11) is 0. The Hall–Kier alpha value is -3.05. The number of halogens is 2. The summed E-state index contributed by atoms with van der Waals surface area (Å²) in [6.07, 6.45) is 0.461. The fourth-order valence-corrected chi connectivity index (χ4v) is 5.18. The molecule has 5 nitrogen and oxygen atoms in total. The number of hydrogen-bond donors (Lipinski definition) is 1. The molecule has 1 N–H and O–H groups in total. The van der Waals surface area contributed by atoms with Crippen LogP contribution < -0.4 is 10.2 Å². The molecule has 8 heteroatoms. The molecule has 1 aliphatic rings. The topological polar surface area (TPSA) is 73.2 Å². The van der Waals surface area contributed by atoms with Gasteiger partial charge in [0.2, 0.25) is 5.91 Å². The number of nitrogens with one attached hydrogen (secondary N) is 1. The third-order valence-electron chi connectivity index (χ3n) is 5.23. The van der Waals surface area contributed by atoms with E-state index in [-0.39, 0.29) is 11.5 Å². The molecular formula is C26H19BrClN3O2S. The summed E-state index contributed by atoms with van der Waals surface area (Å²) in [5.41, 5.74) is 3.04. The van der Waals surface area contributed by atoms with E-state index in [1.807, 2.05) is 49.4 Å². The van der Waals surface area contributed by atoms with Gasteiger partial charge in [0.15, 0.2) is 0 Å². The lowest BCUT2D eigenvalue weighted by Gasteiger charge is -2.19. The molecule has 1 saturated heterocycles. The smallest absolute Gasteiger partial charge is 0.269 e. The van der Waals surface area contributed by atoms with Crippen LogP contribution in [0.25, 0.3) is 0 Å². The second-order valence-corrected chi connectivity index (χ2v) is 10.2. The van der Waals surface area contributed by atoms with Gasteiger partial charge in [0.25, 0.3) is 5.91 Å². The van der Waals surface area contributed by atoms with E-state index >= 15 is 0 Å². The highest BCUT2D eigenvalue weighted by Gasteiger charge is 2.40. The third-order valence-corrected chi connectivity index (χ3v) is 7.28. The standard InChI is InChI=1S/C26H19BrClN3O2S/c1-16-2-10-20(11-3-16)30-24(32)22(15-29)26-31(21-12-8-19(28)9-13-21)25(33)23(34-26)14-17-4-6-18(27)7-5-17/h2-13,23H,14H2,1H3,(H,30,32)/b26-22-/t23-/m1/s1. The van der Waals surface area contributed by atoms with E-state index in [0.717, 1.165) is 15.6 Å². The van der Waals surface area contributed by atoms with Crippen LogP contribution in [0.2, 0.25) is 5.02 Å². The normalized spacial score (nSPS) is 16.8. The molecule has 0 aromatic heterocycles. The molecule has 0 spiro atoms. The molecule has 4 rings (SSSR count). The Morgan fingerprint density at radius 2 is 1.74 bits per heavy atom. The van der Waals surface area contributed by atoms with Crippen molar-refractivity contribution in [2.45, 2.75) is 18.6 Å². The lowest BCUT2D eigenvalue weighted by atomic mass is 10.1. The van der Waals surface area contributed by atoms with Crippen LogP contribution in [-0.4, -0.2) is 17.1 Å². The molecule has 0 saturated carbocycles. The van der Waals surface area contributed by atoms with Gasteiger partial charge in [0, 0.05) is 20.9 Å². The summed E-state index contributed by atoms with van der Waals surface area (Å²) in [5, 5.41) is 13.0. The van der Waals surface area contributed by atoms with Gasteiger partial charge in [-0.25, -0.2) is 0 Å². The van der Waals surface area contributed by atoms with Gasteiger partial charge < -0.3 is 5.32 Å². The van der Waals surface area contributed by atoms with E-state index in [1.165, 1.54) is 16.7 Å². The molecule has 0 unspecified atom stereocenters. The van der Waals surface area contributed by atoms with Crippen LogP contribution >= 0.6 is 39.3 Å². The van der Waals surface area contributed by atoms with Crippen molar-refractivity contribution in [1.82, 2.24) is 0 Å². The first-order valence-corrected chi connectivity index (χ1v) is 12.4. The fourth-order valence-electron chi connectivity index (χ4n) is 3.48. The average molecular weight is 553 g/mol. The van der Waals surface area contributed by atoms with Gasteiger partial charge in [0.1, 0.15) is 16.7 Å². The lowest BCUT2D eigenvalue weighted by Crippen LogP contribution is -2.30. The van der Waals surface area contributed by atoms with Crippen LogP contribution in [0, 0.1) is 18.3 Å². The maximum atomic E-state index is 13.5. The average Bonchev–Trinajstić information content (AvgIpc) is 3.13. The van der Waals surface area contributed by atoms with Crippen molar-refractivity contribution < 1.29 is 9.59 Å². The zero-order valence-corrected chi connectivity index (χ0v) is 21.2. The summed E-state index contributed by atoms with van der Waals surface area (Å²) in [6.45, 7) is 1.95. The summed E-state index contributed by atoms with van der Waals surface area (Å²) in [4.78, 5) is 28.0. The first-order valence-electron chi connectivity index (χ1n) is 10.4. The molecular weight excluding hydrogens is 534 g/mol. The van der Waals surface area contributed by atoms with Gasteiger partial charge in [-0.05, 0) is 67.4 Å². The van der Waals surface area contributed by atoms with Crippen LogP contribution in [-0.2, 0) is 16.0 Å². The molecule has 1 heterocycles. The van der Waals surface area contributed by atoms with Gasteiger partial charge in [-0.2, -0.15) is 5.26 Å². The summed E-state index contributed by atoms with van der Waals surface area (Å²) >= 11 is 10.7. The van der Waals surface area contributed by atoms with E-state index in [2.05, 4.69) is 21.2 Å². The number of nitrogens with zero attached hydrogens (tertiary/aromatic N) is 2. The van der Waals surface area contributed by atoms with Crippen molar-refractivity contribution in [3.63, 3.8) is 0 Å². The van der Waals surface area contributed by atoms with Crippen LogP contribution in [0.1, 0.15) is 11.1 Å². The predicted octanol–water partition coefficient (Wildman–Crippen LogP) is 6.48. The minimum atomic E-state index is -0.565. The van der Waals surface area contributed by atoms with E-state index in [0.29, 0.717) is 27.8 Å². The molecule has 1 atom stereocenters. The largest absolute Gasteiger partial charge is 0.321 e. The summed E-state index contributed by atoms with van der Waals surface area (Å²) < 4.78 is 0.949. The Bertz CT molecular complexity index is 1300. The van der Waals surface area contributed by atoms with Crippen LogP contribution in [0.4, 0.5) is 11.4 Å². The quantitative estimate of drug-likeness (QED) is 0.291. The second-order valence-electron chi connectivity index (χ2n) is 7.70. The highest BCUT2D eigenvalue weighted by atomic mass is 79.9. The molecule has 0 radical (unpaired) electrons. The third kappa shape index (κ3) is 5.36. The second kappa shape index (κ2) is 10.5. The molecule has 170 valence electrons. The Morgan fingerprint density at radius 3 is 2.35 bits per heavy atom. The number of nitriles is 1. The van der Waals surface area contributed by atoms with Gasteiger partial charge in [0.05, 0.1) is 5.25 Å². The minimum Gasteiger partial charge on any atom is -0.321 e. The Labute approximate surface area is 215 Å². The molecule has 3 aromatic rings. The highest BCUT2D eigenvalue weighted by Crippen LogP contribution is 2.42. The number of benzene rings is 3. The highest BCUT2D eigenvalue weighted by molar-refractivity contribution is 9.10. The van der Waals surface area contributed by atoms with Gasteiger partial charge >= 0.3 is 0 Å². The molecule has 0 bridgehead atoms. The van der Waals surface area contributed by atoms with E-state index in [1.54, 1.807) is 36.4 Å². The van der Waals surface area contributed by atoms with E-state index in [4.69, 9.17) is 11.6 Å². The Morgan fingerprint density at radius 1 is 1.09 bits per heavy atom. The predicted molar refractivity (Wildman–Crippen MR) is 141 cm³/mol. The number of amides is 2. The van der Waals surface area contributed by atoms with Gasteiger partial charge in [-0.1, -0.05) is 69.1 Å². The maximum Gasteiger partial charge on any atom is 0.269 e. The fraction of sp³-hybridized carbons (Fsp3) is 0.115. The van der Waals surface area contributed by atoms with Crippen molar-refractivity contribution in [1.29, 1.82) is 5.26 Å². The number of carbonyl (C=O) groups excluding carboxylic acids is 2. The lowest BCUT2D eigenvalue weighted by molar-refractivity contribution is -0.117. The molecule has 1 fully saturated rings. The van der Waals surface area contributed by atoms with Crippen molar-refractivity contribution in [3.8, 4) is 6.07 Å². The van der Waals surface area contributed by atoms with Crippen molar-refractivity contribution in [3.05, 3.63) is 104 Å². The van der Waals surface area contributed by atoms with Gasteiger partial charge in [-0.15, -0.1) is 0 Å². The first kappa shape index (κ1) is 24.1. The minimum absolute atomic E-state index is 0.118. The first-order chi connectivity index (χ1) is 16.4. The number of rotatable bonds is 5. The number of carbonyl (C=O) groups is 2.